The molecule has 1 atom stereocenters. The SMILES string of the molecule is CC(C)n1c(CCNC(=O)[C@@H]2CSCCS2)nc2ccccc21. The Balaban J connectivity index is 1.65. The highest BCUT2D eigenvalue weighted by atomic mass is 32.2. The summed E-state index contributed by atoms with van der Waals surface area (Å²) < 4.78 is 2.27. The highest BCUT2D eigenvalue weighted by Crippen LogP contribution is 2.24. The number of para-hydroxylation sites is 2. The monoisotopic (exact) mass is 349 g/mol. The number of hydrogen-bond acceptors (Lipinski definition) is 4. The fourth-order valence-corrected chi connectivity index (χ4v) is 5.48. The van der Waals surface area contributed by atoms with Gasteiger partial charge in [-0.05, 0) is 26.0 Å². The van der Waals surface area contributed by atoms with Crippen molar-refractivity contribution in [2.24, 2.45) is 0 Å². The number of nitrogens with zero attached hydrogens (tertiary/aromatic N) is 2. The summed E-state index contributed by atoms with van der Waals surface area (Å²) in [7, 11) is 0. The number of nitrogens with one attached hydrogen (secondary N) is 1. The van der Waals surface area contributed by atoms with Crippen molar-refractivity contribution in [2.45, 2.75) is 31.6 Å². The average Bonchev–Trinajstić information content (AvgIpc) is 2.94. The standard InChI is InChI=1S/C17H23N3OS2/c1-12(2)20-14-6-4-3-5-13(14)19-16(20)7-8-18-17(21)15-11-22-9-10-23-15/h3-6,12,15H,7-11H2,1-2H3,(H,18,21)/t15-/m0/s1. The molecular formula is C17H23N3OS2. The molecule has 23 heavy (non-hydrogen) atoms. The summed E-state index contributed by atoms with van der Waals surface area (Å²) in [6.07, 6.45) is 0.767. The van der Waals surface area contributed by atoms with Crippen molar-refractivity contribution < 1.29 is 4.79 Å². The van der Waals surface area contributed by atoms with E-state index in [1.54, 1.807) is 11.8 Å². The second-order valence-electron chi connectivity index (χ2n) is 5.96. The van der Waals surface area contributed by atoms with Crippen molar-refractivity contribution in [1.29, 1.82) is 0 Å². The number of aromatic nitrogens is 2. The van der Waals surface area contributed by atoms with Crippen molar-refractivity contribution in [3.8, 4) is 0 Å². The van der Waals surface area contributed by atoms with Gasteiger partial charge in [0.2, 0.25) is 5.91 Å². The van der Waals surface area contributed by atoms with Crippen LogP contribution in [0.25, 0.3) is 11.0 Å². The van der Waals surface area contributed by atoms with Gasteiger partial charge in [-0.25, -0.2) is 4.98 Å². The lowest BCUT2D eigenvalue weighted by atomic mass is 10.3. The highest BCUT2D eigenvalue weighted by Gasteiger charge is 2.22. The summed E-state index contributed by atoms with van der Waals surface area (Å²) in [6.45, 7) is 4.99. The molecule has 0 bridgehead atoms. The van der Waals surface area contributed by atoms with Crippen molar-refractivity contribution in [1.82, 2.24) is 14.9 Å². The van der Waals surface area contributed by atoms with E-state index >= 15 is 0 Å². The predicted molar refractivity (Wildman–Crippen MR) is 100 cm³/mol. The molecule has 0 saturated carbocycles. The lowest BCUT2D eigenvalue weighted by Crippen LogP contribution is -2.37. The zero-order valence-corrected chi connectivity index (χ0v) is 15.3. The van der Waals surface area contributed by atoms with Gasteiger partial charge < -0.3 is 9.88 Å². The van der Waals surface area contributed by atoms with Gasteiger partial charge in [-0.15, -0.1) is 11.8 Å². The third kappa shape index (κ3) is 3.86. The highest BCUT2D eigenvalue weighted by molar-refractivity contribution is 8.07. The van der Waals surface area contributed by atoms with E-state index in [2.05, 4.69) is 29.8 Å². The Morgan fingerprint density at radius 1 is 1.39 bits per heavy atom. The summed E-state index contributed by atoms with van der Waals surface area (Å²) in [4.78, 5) is 17.0. The Labute approximate surface area is 145 Å². The van der Waals surface area contributed by atoms with Gasteiger partial charge in [0.15, 0.2) is 0 Å². The van der Waals surface area contributed by atoms with E-state index in [1.165, 1.54) is 5.52 Å². The summed E-state index contributed by atoms with van der Waals surface area (Å²) in [5.74, 6) is 4.39. The van der Waals surface area contributed by atoms with Crippen LogP contribution in [0.2, 0.25) is 0 Å². The number of amides is 1. The number of rotatable bonds is 5. The number of hydrogen-bond donors (Lipinski definition) is 1. The van der Waals surface area contributed by atoms with Gasteiger partial charge in [-0.1, -0.05) is 12.1 Å². The van der Waals surface area contributed by atoms with E-state index in [1.807, 2.05) is 30.0 Å². The maximum atomic E-state index is 12.2. The lowest BCUT2D eigenvalue weighted by molar-refractivity contribution is -0.120. The van der Waals surface area contributed by atoms with E-state index in [9.17, 15) is 4.79 Å². The molecular weight excluding hydrogens is 326 g/mol. The molecule has 2 heterocycles. The topological polar surface area (TPSA) is 46.9 Å². The van der Waals surface area contributed by atoms with E-state index < -0.39 is 0 Å². The molecule has 124 valence electrons. The van der Waals surface area contributed by atoms with Crippen LogP contribution >= 0.6 is 23.5 Å². The zero-order valence-electron chi connectivity index (χ0n) is 13.6. The smallest absolute Gasteiger partial charge is 0.233 e. The van der Waals surface area contributed by atoms with Gasteiger partial charge in [-0.3, -0.25) is 4.79 Å². The van der Waals surface area contributed by atoms with Crippen molar-refractivity contribution in [3.63, 3.8) is 0 Å². The van der Waals surface area contributed by atoms with E-state index in [0.717, 1.165) is 35.0 Å². The molecule has 0 radical (unpaired) electrons. The number of thioether (sulfide) groups is 2. The van der Waals surface area contributed by atoms with Gasteiger partial charge in [0.25, 0.3) is 0 Å². The van der Waals surface area contributed by atoms with Gasteiger partial charge in [0, 0.05) is 36.3 Å². The first-order valence-corrected chi connectivity index (χ1v) is 10.3. The predicted octanol–water partition coefficient (Wildman–Crippen LogP) is 3.12. The molecule has 1 aliphatic rings. The Morgan fingerprint density at radius 3 is 2.96 bits per heavy atom. The van der Waals surface area contributed by atoms with Crippen LogP contribution < -0.4 is 5.32 Å². The fourth-order valence-electron chi connectivity index (χ4n) is 2.90. The van der Waals surface area contributed by atoms with Crippen molar-refractivity contribution in [3.05, 3.63) is 30.1 Å². The van der Waals surface area contributed by atoms with Crippen molar-refractivity contribution in [2.75, 3.05) is 23.8 Å². The lowest BCUT2D eigenvalue weighted by Gasteiger charge is -2.20. The molecule has 3 rings (SSSR count). The van der Waals surface area contributed by atoms with Gasteiger partial charge >= 0.3 is 0 Å². The molecule has 1 aromatic heterocycles. The number of carbonyl (C=O) groups excluding carboxylic acids is 1. The maximum absolute atomic E-state index is 12.2. The van der Waals surface area contributed by atoms with Gasteiger partial charge in [0.1, 0.15) is 5.82 Å². The summed E-state index contributed by atoms with van der Waals surface area (Å²) in [6, 6.07) is 8.58. The van der Waals surface area contributed by atoms with Crippen LogP contribution in [-0.4, -0.2) is 44.5 Å². The maximum Gasteiger partial charge on any atom is 0.233 e. The summed E-state index contributed by atoms with van der Waals surface area (Å²) in [5.41, 5.74) is 2.20. The number of fused-ring (bicyclic) bond motifs is 1. The molecule has 1 saturated heterocycles. The van der Waals surface area contributed by atoms with Crippen LogP contribution in [0.1, 0.15) is 25.7 Å². The molecule has 6 heteroatoms. The Morgan fingerprint density at radius 2 is 2.22 bits per heavy atom. The summed E-state index contributed by atoms with van der Waals surface area (Å²) >= 11 is 3.65. The van der Waals surface area contributed by atoms with Crippen LogP contribution in [0.3, 0.4) is 0 Å². The van der Waals surface area contributed by atoms with Gasteiger partial charge in [0.05, 0.1) is 16.3 Å². The quantitative estimate of drug-likeness (QED) is 0.901. The molecule has 4 nitrogen and oxygen atoms in total. The van der Waals surface area contributed by atoms with E-state index in [4.69, 9.17) is 4.98 Å². The normalized spacial score (nSPS) is 18.5. The van der Waals surface area contributed by atoms with Crippen LogP contribution in [0, 0.1) is 0 Å². The molecule has 1 amide bonds. The minimum Gasteiger partial charge on any atom is -0.355 e. The number of benzene rings is 1. The van der Waals surface area contributed by atoms with Crippen LogP contribution in [0.5, 0.6) is 0 Å². The zero-order chi connectivity index (χ0) is 16.2. The molecule has 1 aromatic carbocycles. The van der Waals surface area contributed by atoms with E-state index in [-0.39, 0.29) is 11.2 Å². The Hall–Kier alpha value is -1.14. The molecule has 0 unspecified atom stereocenters. The molecule has 1 fully saturated rings. The fraction of sp³-hybridized carbons (Fsp3) is 0.529. The first kappa shape index (κ1) is 16.7. The molecule has 1 N–H and O–H groups in total. The second kappa shape index (κ2) is 7.62. The molecule has 1 aliphatic heterocycles. The molecule has 0 aliphatic carbocycles. The third-order valence-electron chi connectivity index (χ3n) is 3.94. The first-order valence-electron chi connectivity index (χ1n) is 8.09. The number of imidazole rings is 1. The minimum absolute atomic E-state index is 0.109. The average molecular weight is 350 g/mol. The molecule has 2 aromatic rings. The van der Waals surface area contributed by atoms with Crippen molar-refractivity contribution >= 4 is 40.5 Å². The molecule has 0 spiro atoms. The third-order valence-corrected chi connectivity index (χ3v) is 6.70. The number of carbonyl (C=O) groups is 1. The Bertz CT molecular complexity index is 678. The van der Waals surface area contributed by atoms with E-state index in [0.29, 0.717) is 12.6 Å². The summed E-state index contributed by atoms with van der Waals surface area (Å²) in [5, 5.41) is 3.19. The van der Waals surface area contributed by atoms with Crippen LogP contribution in [0.15, 0.2) is 24.3 Å². The minimum atomic E-state index is 0.109. The Kier molecular flexibility index (Phi) is 5.54. The second-order valence-corrected chi connectivity index (χ2v) is 8.42. The first-order chi connectivity index (χ1) is 11.2. The van der Waals surface area contributed by atoms with Crippen LogP contribution in [-0.2, 0) is 11.2 Å². The van der Waals surface area contributed by atoms with Gasteiger partial charge in [-0.2, -0.15) is 11.8 Å². The largest absolute Gasteiger partial charge is 0.355 e. The van der Waals surface area contributed by atoms with Crippen LogP contribution in [0.4, 0.5) is 0 Å².